The monoisotopic (exact) mass is 212 g/mol. The molecular formula is C9H12N2O4. The van der Waals surface area contributed by atoms with Crippen molar-refractivity contribution in [1.82, 2.24) is 9.78 Å². The van der Waals surface area contributed by atoms with Crippen LogP contribution in [0.3, 0.4) is 0 Å². The Morgan fingerprint density at radius 3 is 2.87 bits per heavy atom. The third-order valence-electron chi connectivity index (χ3n) is 1.79. The quantitative estimate of drug-likeness (QED) is 0.694. The second-order valence-electron chi connectivity index (χ2n) is 3.25. The van der Waals surface area contributed by atoms with Crippen molar-refractivity contribution in [3.05, 3.63) is 28.2 Å². The lowest BCUT2D eigenvalue weighted by molar-refractivity contribution is -0.139. The summed E-state index contributed by atoms with van der Waals surface area (Å²) in [6, 6.07) is 2.89. The van der Waals surface area contributed by atoms with Crippen molar-refractivity contribution in [2.24, 2.45) is 0 Å². The van der Waals surface area contributed by atoms with E-state index in [-0.39, 0.29) is 12.1 Å². The maximum Gasteiger partial charge on any atom is 0.306 e. The Bertz CT molecular complexity index is 413. The van der Waals surface area contributed by atoms with Gasteiger partial charge in [0.05, 0.1) is 24.8 Å². The zero-order valence-electron chi connectivity index (χ0n) is 8.25. The van der Waals surface area contributed by atoms with Crippen molar-refractivity contribution in [2.45, 2.75) is 26.0 Å². The van der Waals surface area contributed by atoms with E-state index in [0.717, 1.165) is 4.68 Å². The topological polar surface area (TPSA) is 92.4 Å². The third-order valence-corrected chi connectivity index (χ3v) is 1.79. The van der Waals surface area contributed by atoms with Gasteiger partial charge in [0.2, 0.25) is 0 Å². The van der Waals surface area contributed by atoms with Crippen LogP contribution in [0.5, 0.6) is 0 Å². The summed E-state index contributed by atoms with van der Waals surface area (Å²) in [6.07, 6.45) is -1.50. The summed E-state index contributed by atoms with van der Waals surface area (Å²) in [7, 11) is 0. The molecular weight excluding hydrogens is 200 g/mol. The third kappa shape index (κ3) is 3.51. The second kappa shape index (κ2) is 4.70. The lowest BCUT2D eigenvalue weighted by atomic mass is 10.2. The number of nitrogens with zero attached hydrogens (tertiary/aromatic N) is 2. The van der Waals surface area contributed by atoms with Crippen LogP contribution in [0.1, 0.15) is 12.1 Å². The molecule has 0 bridgehead atoms. The predicted octanol–water partition coefficient (Wildman–Crippen LogP) is -0.613. The highest BCUT2D eigenvalue weighted by molar-refractivity contribution is 5.67. The van der Waals surface area contributed by atoms with Crippen LogP contribution < -0.4 is 5.56 Å². The Labute approximate surface area is 85.8 Å². The van der Waals surface area contributed by atoms with Crippen LogP contribution in [0.15, 0.2) is 16.9 Å². The molecule has 15 heavy (non-hydrogen) atoms. The van der Waals surface area contributed by atoms with Crippen molar-refractivity contribution in [3.63, 3.8) is 0 Å². The first-order valence-electron chi connectivity index (χ1n) is 4.43. The van der Waals surface area contributed by atoms with Gasteiger partial charge in [-0.25, -0.2) is 4.68 Å². The molecule has 0 radical (unpaired) electrons. The molecule has 1 unspecified atom stereocenters. The molecule has 82 valence electrons. The molecule has 0 saturated heterocycles. The van der Waals surface area contributed by atoms with E-state index in [2.05, 4.69) is 5.10 Å². The molecule has 6 heteroatoms. The molecule has 0 aliphatic carbocycles. The van der Waals surface area contributed by atoms with Crippen LogP contribution in [0.2, 0.25) is 0 Å². The number of hydrogen-bond donors (Lipinski definition) is 2. The van der Waals surface area contributed by atoms with E-state index in [0.29, 0.717) is 5.69 Å². The summed E-state index contributed by atoms with van der Waals surface area (Å²) < 4.78 is 1.06. The van der Waals surface area contributed by atoms with Gasteiger partial charge < -0.3 is 10.2 Å². The molecule has 2 N–H and O–H groups in total. The van der Waals surface area contributed by atoms with E-state index in [1.165, 1.54) is 6.07 Å². The number of aliphatic hydroxyl groups excluding tert-OH is 1. The van der Waals surface area contributed by atoms with E-state index in [4.69, 9.17) is 5.11 Å². The second-order valence-corrected chi connectivity index (χ2v) is 3.25. The smallest absolute Gasteiger partial charge is 0.306 e. The van der Waals surface area contributed by atoms with E-state index in [1.54, 1.807) is 13.0 Å². The van der Waals surface area contributed by atoms with Crippen LogP contribution >= 0.6 is 0 Å². The standard InChI is InChI=1S/C9H12N2O4/c1-6-2-3-8(13)11(10-6)5-7(12)4-9(14)15/h2-3,7,12H,4-5H2,1H3,(H,14,15). The van der Waals surface area contributed by atoms with Gasteiger partial charge in [-0.15, -0.1) is 0 Å². The molecule has 1 aromatic rings. The average Bonchev–Trinajstić information content (AvgIpc) is 2.10. The fourth-order valence-electron chi connectivity index (χ4n) is 1.15. The minimum Gasteiger partial charge on any atom is -0.481 e. The van der Waals surface area contributed by atoms with Gasteiger partial charge in [0.1, 0.15) is 0 Å². The minimum absolute atomic E-state index is 0.104. The highest BCUT2D eigenvalue weighted by Crippen LogP contribution is 1.95. The van der Waals surface area contributed by atoms with Crippen LogP contribution in [0, 0.1) is 6.92 Å². The summed E-state index contributed by atoms with van der Waals surface area (Å²) in [5, 5.41) is 21.6. The van der Waals surface area contributed by atoms with Gasteiger partial charge in [0.25, 0.3) is 5.56 Å². The van der Waals surface area contributed by atoms with Gasteiger partial charge in [-0.2, -0.15) is 5.10 Å². The summed E-state index contributed by atoms with van der Waals surface area (Å²) in [5.74, 6) is -1.11. The molecule has 0 amide bonds. The molecule has 0 aliphatic rings. The Hall–Kier alpha value is -1.69. The molecule has 6 nitrogen and oxygen atoms in total. The molecule has 1 rings (SSSR count). The van der Waals surface area contributed by atoms with Crippen molar-refractivity contribution >= 4 is 5.97 Å². The van der Waals surface area contributed by atoms with E-state index >= 15 is 0 Å². The Balaban J connectivity index is 2.76. The van der Waals surface area contributed by atoms with Crippen LogP contribution in [-0.4, -0.2) is 32.1 Å². The Kier molecular flexibility index (Phi) is 3.56. The zero-order valence-corrected chi connectivity index (χ0v) is 8.25. The van der Waals surface area contributed by atoms with Crippen LogP contribution in [0.4, 0.5) is 0 Å². The van der Waals surface area contributed by atoms with Gasteiger partial charge >= 0.3 is 5.97 Å². The number of rotatable bonds is 4. The van der Waals surface area contributed by atoms with Crippen LogP contribution in [0.25, 0.3) is 0 Å². The van der Waals surface area contributed by atoms with Crippen molar-refractivity contribution in [1.29, 1.82) is 0 Å². The summed E-state index contributed by atoms with van der Waals surface area (Å²) in [5.41, 5.74) is 0.280. The fourth-order valence-corrected chi connectivity index (χ4v) is 1.15. The molecule has 0 saturated carbocycles. The lowest BCUT2D eigenvalue weighted by Crippen LogP contribution is -2.29. The SMILES string of the molecule is Cc1ccc(=O)n(CC(O)CC(=O)O)n1. The lowest BCUT2D eigenvalue weighted by Gasteiger charge is -2.09. The minimum atomic E-state index is -1.11. The van der Waals surface area contributed by atoms with Gasteiger partial charge in [0, 0.05) is 6.07 Å². The summed E-state index contributed by atoms with van der Waals surface area (Å²) in [6.45, 7) is 1.60. The average molecular weight is 212 g/mol. The molecule has 0 spiro atoms. The first-order chi connectivity index (χ1) is 6.99. The number of carboxylic acids is 1. The van der Waals surface area contributed by atoms with Crippen molar-refractivity contribution in [3.8, 4) is 0 Å². The van der Waals surface area contributed by atoms with Gasteiger partial charge in [-0.1, -0.05) is 0 Å². The summed E-state index contributed by atoms with van der Waals surface area (Å²) in [4.78, 5) is 21.5. The van der Waals surface area contributed by atoms with Crippen molar-refractivity contribution < 1.29 is 15.0 Å². The molecule has 0 aliphatic heterocycles. The van der Waals surface area contributed by atoms with Gasteiger partial charge in [-0.3, -0.25) is 9.59 Å². The molecule has 0 aromatic carbocycles. The number of carboxylic acid groups (broad SMARTS) is 1. The van der Waals surface area contributed by atoms with Crippen LogP contribution in [-0.2, 0) is 11.3 Å². The maximum absolute atomic E-state index is 11.2. The predicted molar refractivity (Wildman–Crippen MR) is 51.5 cm³/mol. The Morgan fingerprint density at radius 1 is 1.60 bits per heavy atom. The number of aliphatic carboxylic acids is 1. The van der Waals surface area contributed by atoms with Gasteiger partial charge in [0.15, 0.2) is 0 Å². The normalized spacial score (nSPS) is 12.4. The first kappa shape index (κ1) is 11.4. The first-order valence-corrected chi connectivity index (χ1v) is 4.43. The maximum atomic E-state index is 11.2. The highest BCUT2D eigenvalue weighted by atomic mass is 16.4. The van der Waals surface area contributed by atoms with E-state index < -0.39 is 18.5 Å². The fraction of sp³-hybridized carbons (Fsp3) is 0.444. The Morgan fingerprint density at radius 2 is 2.27 bits per heavy atom. The molecule has 1 aromatic heterocycles. The number of carbonyl (C=O) groups is 1. The summed E-state index contributed by atoms with van der Waals surface area (Å²) >= 11 is 0. The van der Waals surface area contributed by atoms with Gasteiger partial charge in [-0.05, 0) is 13.0 Å². The number of hydrogen-bond acceptors (Lipinski definition) is 4. The largest absolute Gasteiger partial charge is 0.481 e. The highest BCUT2D eigenvalue weighted by Gasteiger charge is 2.11. The number of aromatic nitrogens is 2. The molecule has 1 heterocycles. The number of aryl methyl sites for hydroxylation is 1. The van der Waals surface area contributed by atoms with Crippen molar-refractivity contribution in [2.75, 3.05) is 0 Å². The number of aliphatic hydroxyl groups is 1. The molecule has 0 fully saturated rings. The van der Waals surface area contributed by atoms with E-state index in [1.807, 2.05) is 0 Å². The zero-order chi connectivity index (χ0) is 11.4. The van der Waals surface area contributed by atoms with E-state index in [9.17, 15) is 14.7 Å². The molecule has 1 atom stereocenters.